The maximum atomic E-state index is 13.1. The van der Waals surface area contributed by atoms with Crippen LogP contribution in [0.3, 0.4) is 0 Å². The molecule has 1 unspecified atom stereocenters. The fraction of sp³-hybridized carbons (Fsp3) is 0.478. The monoisotopic (exact) mass is 450 g/mol. The molecule has 1 aromatic heterocycles. The van der Waals surface area contributed by atoms with Crippen molar-refractivity contribution in [1.82, 2.24) is 14.8 Å². The number of rotatable bonds is 6. The molecule has 1 amide bonds. The molecule has 2 fully saturated rings. The van der Waals surface area contributed by atoms with Crippen LogP contribution in [0.15, 0.2) is 54.9 Å². The largest absolute Gasteiger partial charge is 0.338 e. The Balaban J connectivity index is 0.00000160. The van der Waals surface area contributed by atoms with Gasteiger partial charge < -0.3 is 15.5 Å². The number of aromatic nitrogens is 1. The van der Waals surface area contributed by atoms with Gasteiger partial charge in [-0.2, -0.15) is 0 Å². The SMILES string of the molecule is Cl.Cl.NC(CCN1CCC2(CC1)CCN(Cc1cccnc1)C2=O)c1ccccc1. The van der Waals surface area contributed by atoms with Gasteiger partial charge in [-0.05, 0) is 62.5 Å². The average Bonchev–Trinajstić information content (AvgIpc) is 3.04. The Morgan fingerprint density at radius 3 is 2.37 bits per heavy atom. The number of carbonyl (C=O) groups is 1. The third kappa shape index (κ3) is 5.52. The van der Waals surface area contributed by atoms with Crippen molar-refractivity contribution >= 4 is 30.7 Å². The summed E-state index contributed by atoms with van der Waals surface area (Å²) in [6.45, 7) is 4.54. The molecular formula is C23H32Cl2N4O. The molecule has 0 bridgehead atoms. The van der Waals surface area contributed by atoms with E-state index < -0.39 is 0 Å². The van der Waals surface area contributed by atoms with Crippen LogP contribution in [0.2, 0.25) is 0 Å². The zero-order valence-electron chi connectivity index (χ0n) is 17.3. The molecule has 1 aromatic carbocycles. The summed E-state index contributed by atoms with van der Waals surface area (Å²) >= 11 is 0. The van der Waals surface area contributed by atoms with E-state index in [1.54, 1.807) is 6.20 Å². The molecule has 0 aliphatic carbocycles. The van der Waals surface area contributed by atoms with Crippen LogP contribution in [0, 0.1) is 5.41 Å². The molecule has 7 heteroatoms. The van der Waals surface area contributed by atoms with E-state index >= 15 is 0 Å². The normalized spacial score (nSPS) is 19.2. The van der Waals surface area contributed by atoms with E-state index in [0.29, 0.717) is 12.5 Å². The predicted octanol–water partition coefficient (Wildman–Crippen LogP) is 3.83. The molecule has 0 saturated carbocycles. The van der Waals surface area contributed by atoms with E-state index in [4.69, 9.17) is 5.73 Å². The number of likely N-dealkylation sites (tertiary alicyclic amines) is 2. The van der Waals surface area contributed by atoms with Crippen molar-refractivity contribution in [3.63, 3.8) is 0 Å². The van der Waals surface area contributed by atoms with Gasteiger partial charge >= 0.3 is 0 Å². The highest BCUT2D eigenvalue weighted by Crippen LogP contribution is 2.42. The number of carbonyl (C=O) groups excluding carboxylic acids is 1. The summed E-state index contributed by atoms with van der Waals surface area (Å²) < 4.78 is 0. The molecule has 3 heterocycles. The van der Waals surface area contributed by atoms with Gasteiger partial charge in [0.05, 0.1) is 5.41 Å². The summed E-state index contributed by atoms with van der Waals surface area (Å²) in [4.78, 5) is 21.8. The molecular weight excluding hydrogens is 419 g/mol. The van der Waals surface area contributed by atoms with Gasteiger partial charge in [0.15, 0.2) is 0 Å². The van der Waals surface area contributed by atoms with E-state index in [1.165, 1.54) is 5.56 Å². The Bertz CT molecular complexity index is 782. The predicted molar refractivity (Wildman–Crippen MR) is 125 cm³/mol. The van der Waals surface area contributed by atoms with Crippen LogP contribution < -0.4 is 5.73 Å². The van der Waals surface area contributed by atoms with Crippen molar-refractivity contribution in [3.8, 4) is 0 Å². The van der Waals surface area contributed by atoms with Crippen molar-refractivity contribution in [2.75, 3.05) is 26.2 Å². The number of nitrogens with two attached hydrogens (primary N) is 1. The lowest BCUT2D eigenvalue weighted by molar-refractivity contribution is -0.138. The fourth-order valence-corrected chi connectivity index (χ4v) is 4.61. The average molecular weight is 451 g/mol. The number of hydrogen-bond donors (Lipinski definition) is 1. The molecule has 4 rings (SSSR count). The van der Waals surface area contributed by atoms with Gasteiger partial charge in [-0.3, -0.25) is 9.78 Å². The van der Waals surface area contributed by atoms with Gasteiger partial charge in [-0.15, -0.1) is 24.8 Å². The summed E-state index contributed by atoms with van der Waals surface area (Å²) in [6, 6.07) is 14.4. The Morgan fingerprint density at radius 2 is 1.70 bits per heavy atom. The molecule has 164 valence electrons. The zero-order valence-corrected chi connectivity index (χ0v) is 18.9. The van der Waals surface area contributed by atoms with Gasteiger partial charge in [0.1, 0.15) is 0 Å². The van der Waals surface area contributed by atoms with Crippen LogP contribution in [-0.4, -0.2) is 46.9 Å². The van der Waals surface area contributed by atoms with Crippen LogP contribution in [-0.2, 0) is 11.3 Å². The topological polar surface area (TPSA) is 62.5 Å². The molecule has 2 N–H and O–H groups in total. The van der Waals surface area contributed by atoms with Crippen LogP contribution in [0.25, 0.3) is 0 Å². The highest BCUT2D eigenvalue weighted by molar-refractivity contribution is 5.86. The highest BCUT2D eigenvalue weighted by Gasteiger charge is 2.47. The van der Waals surface area contributed by atoms with Gasteiger partial charge in [-0.1, -0.05) is 36.4 Å². The molecule has 1 spiro atoms. The smallest absolute Gasteiger partial charge is 0.229 e. The van der Waals surface area contributed by atoms with Gasteiger partial charge in [0.25, 0.3) is 0 Å². The van der Waals surface area contributed by atoms with E-state index in [2.05, 4.69) is 22.0 Å². The van der Waals surface area contributed by atoms with Gasteiger partial charge in [0, 0.05) is 31.5 Å². The summed E-state index contributed by atoms with van der Waals surface area (Å²) in [6.07, 6.45) is 7.51. The first-order valence-corrected chi connectivity index (χ1v) is 10.4. The first-order chi connectivity index (χ1) is 13.7. The number of pyridine rings is 1. The minimum atomic E-state index is -0.139. The summed E-state index contributed by atoms with van der Waals surface area (Å²) in [7, 11) is 0. The van der Waals surface area contributed by atoms with Gasteiger partial charge in [-0.25, -0.2) is 0 Å². The van der Waals surface area contributed by atoms with Crippen LogP contribution in [0.1, 0.15) is 42.9 Å². The van der Waals surface area contributed by atoms with E-state index in [-0.39, 0.29) is 36.3 Å². The second-order valence-electron chi connectivity index (χ2n) is 8.27. The minimum absolute atomic E-state index is 0. The number of nitrogens with zero attached hydrogens (tertiary/aromatic N) is 3. The Morgan fingerprint density at radius 1 is 1.00 bits per heavy atom. The van der Waals surface area contributed by atoms with Crippen molar-refractivity contribution in [3.05, 3.63) is 66.0 Å². The second-order valence-corrected chi connectivity index (χ2v) is 8.27. The molecule has 2 aliphatic heterocycles. The molecule has 2 aliphatic rings. The summed E-state index contributed by atoms with van der Waals surface area (Å²) in [5, 5.41) is 0. The van der Waals surface area contributed by atoms with Crippen LogP contribution in [0.5, 0.6) is 0 Å². The van der Waals surface area contributed by atoms with Crippen molar-refractivity contribution < 1.29 is 4.79 Å². The quantitative estimate of drug-likeness (QED) is 0.725. The van der Waals surface area contributed by atoms with Crippen molar-refractivity contribution in [2.24, 2.45) is 11.1 Å². The number of amides is 1. The Labute approximate surface area is 191 Å². The number of benzene rings is 1. The van der Waals surface area contributed by atoms with Crippen LogP contribution in [0.4, 0.5) is 0 Å². The summed E-state index contributed by atoms with van der Waals surface area (Å²) in [5.74, 6) is 0.344. The zero-order chi connectivity index (χ0) is 19.4. The maximum absolute atomic E-state index is 13.1. The number of hydrogen-bond acceptors (Lipinski definition) is 4. The number of halogens is 2. The lowest BCUT2D eigenvalue weighted by Gasteiger charge is -2.38. The van der Waals surface area contributed by atoms with Gasteiger partial charge in [0.2, 0.25) is 5.91 Å². The third-order valence-electron chi connectivity index (χ3n) is 6.49. The lowest BCUT2D eigenvalue weighted by Crippen LogP contribution is -2.45. The van der Waals surface area contributed by atoms with Crippen LogP contribution >= 0.6 is 24.8 Å². The fourth-order valence-electron chi connectivity index (χ4n) is 4.61. The van der Waals surface area contributed by atoms with Crippen molar-refractivity contribution in [2.45, 2.75) is 38.3 Å². The lowest BCUT2D eigenvalue weighted by atomic mass is 9.77. The first-order valence-electron chi connectivity index (χ1n) is 10.4. The second kappa shape index (κ2) is 11.1. The van der Waals surface area contributed by atoms with E-state index in [9.17, 15) is 4.79 Å². The molecule has 0 radical (unpaired) electrons. The van der Waals surface area contributed by atoms with E-state index in [0.717, 1.165) is 57.4 Å². The third-order valence-corrected chi connectivity index (χ3v) is 6.49. The molecule has 5 nitrogen and oxygen atoms in total. The Kier molecular flexibility index (Phi) is 9.10. The number of piperidine rings is 1. The van der Waals surface area contributed by atoms with E-state index in [1.807, 2.05) is 41.4 Å². The Hall–Kier alpha value is -1.66. The summed E-state index contributed by atoms with van der Waals surface area (Å²) in [5.41, 5.74) is 8.52. The van der Waals surface area contributed by atoms with Crippen molar-refractivity contribution in [1.29, 1.82) is 0 Å². The molecule has 30 heavy (non-hydrogen) atoms. The molecule has 2 saturated heterocycles. The maximum Gasteiger partial charge on any atom is 0.229 e. The molecule has 1 atom stereocenters. The highest BCUT2D eigenvalue weighted by atomic mass is 35.5. The standard InChI is InChI=1S/C23H30N4O.2ClH/c24-21(20-6-2-1-3-7-20)8-13-26-14-9-23(10-15-26)11-16-27(22(23)28)18-19-5-4-12-25-17-19;;/h1-7,12,17,21H,8-11,13-16,18,24H2;2*1H. The molecule has 2 aromatic rings. The first kappa shape index (κ1) is 24.6. The minimum Gasteiger partial charge on any atom is -0.338 e.